The largest absolute Gasteiger partial charge is 0.467 e. The molecule has 0 radical (unpaired) electrons. The number of terminal acetylenes is 1. The van der Waals surface area contributed by atoms with Gasteiger partial charge in [0, 0.05) is 17.8 Å². The molecule has 29 heavy (non-hydrogen) atoms. The number of aryl methyl sites for hydroxylation is 2. The van der Waals surface area contributed by atoms with Gasteiger partial charge in [-0.25, -0.2) is 9.50 Å². The molecule has 3 rings (SSSR count). The summed E-state index contributed by atoms with van der Waals surface area (Å²) in [5.74, 6) is 1.47. The van der Waals surface area contributed by atoms with Crippen LogP contribution >= 0.6 is 0 Å². The number of amides is 1. The van der Waals surface area contributed by atoms with E-state index in [1.807, 2.05) is 0 Å². The van der Waals surface area contributed by atoms with Crippen molar-refractivity contribution in [3.8, 4) is 12.3 Å². The maximum Gasteiger partial charge on any atom is 0.453 e. The molecule has 0 bridgehead atoms. The van der Waals surface area contributed by atoms with Gasteiger partial charge in [0.1, 0.15) is 5.76 Å². The standard InChI is InChI=1S/C19H18F3N5O2/c1-4-9-26(11-14-6-5-10-29-14)16(28)8-7-15-12(2)23-18-24-17(19(20,21)22)25-27(18)13(15)3/h1,5-6,10H,7-9,11H2,2-3H3. The molecule has 0 saturated carbocycles. The van der Waals surface area contributed by atoms with Crippen LogP contribution in [0.25, 0.3) is 5.78 Å². The third kappa shape index (κ3) is 4.39. The fraction of sp³-hybridized carbons (Fsp3) is 0.368. The number of halogens is 3. The quantitative estimate of drug-likeness (QED) is 0.590. The first-order valence-electron chi connectivity index (χ1n) is 8.74. The van der Waals surface area contributed by atoms with Gasteiger partial charge in [-0.3, -0.25) is 4.79 Å². The highest BCUT2D eigenvalue weighted by molar-refractivity contribution is 5.76. The number of rotatable bonds is 6. The Balaban J connectivity index is 1.80. The lowest BCUT2D eigenvalue weighted by Gasteiger charge is -2.19. The molecule has 0 fully saturated rings. The van der Waals surface area contributed by atoms with E-state index < -0.39 is 12.0 Å². The van der Waals surface area contributed by atoms with Gasteiger partial charge in [-0.05, 0) is 38.0 Å². The number of carbonyl (C=O) groups excluding carboxylic acids is 1. The smallest absolute Gasteiger partial charge is 0.453 e. The van der Waals surface area contributed by atoms with Crippen molar-refractivity contribution >= 4 is 11.7 Å². The van der Waals surface area contributed by atoms with Crippen LogP contribution in [0.4, 0.5) is 13.2 Å². The fourth-order valence-corrected chi connectivity index (χ4v) is 3.01. The molecule has 0 aromatic carbocycles. The highest BCUT2D eigenvalue weighted by Gasteiger charge is 2.37. The van der Waals surface area contributed by atoms with E-state index in [0.29, 0.717) is 22.7 Å². The second-order valence-electron chi connectivity index (χ2n) is 6.44. The number of carbonyl (C=O) groups is 1. The molecule has 0 atom stereocenters. The molecule has 0 saturated heterocycles. The molecule has 152 valence electrons. The van der Waals surface area contributed by atoms with E-state index in [1.54, 1.807) is 26.0 Å². The van der Waals surface area contributed by atoms with Crippen LogP contribution in [0, 0.1) is 26.2 Å². The summed E-state index contributed by atoms with van der Waals surface area (Å²) in [7, 11) is 0. The molecule has 3 aromatic heterocycles. The molecule has 0 aliphatic rings. The van der Waals surface area contributed by atoms with E-state index in [9.17, 15) is 18.0 Å². The van der Waals surface area contributed by atoms with Crippen LogP contribution in [0.2, 0.25) is 0 Å². The summed E-state index contributed by atoms with van der Waals surface area (Å²) in [5.41, 5.74) is 1.60. The van der Waals surface area contributed by atoms with Gasteiger partial charge in [-0.2, -0.15) is 18.2 Å². The number of hydrogen-bond donors (Lipinski definition) is 0. The van der Waals surface area contributed by atoms with Gasteiger partial charge in [0.2, 0.25) is 5.91 Å². The fourth-order valence-electron chi connectivity index (χ4n) is 3.01. The zero-order chi connectivity index (χ0) is 21.2. The van der Waals surface area contributed by atoms with Crippen molar-refractivity contribution in [2.24, 2.45) is 0 Å². The van der Waals surface area contributed by atoms with Gasteiger partial charge < -0.3 is 9.32 Å². The summed E-state index contributed by atoms with van der Waals surface area (Å²) < 4.78 is 45.0. The van der Waals surface area contributed by atoms with Crippen molar-refractivity contribution in [1.29, 1.82) is 0 Å². The minimum atomic E-state index is -4.66. The highest BCUT2D eigenvalue weighted by Crippen LogP contribution is 2.27. The van der Waals surface area contributed by atoms with E-state index >= 15 is 0 Å². The molecule has 0 aliphatic heterocycles. The average Bonchev–Trinajstić information content (AvgIpc) is 3.30. The van der Waals surface area contributed by atoms with Crippen molar-refractivity contribution in [2.45, 2.75) is 39.4 Å². The van der Waals surface area contributed by atoms with Crippen LogP contribution in [0.15, 0.2) is 22.8 Å². The third-order valence-electron chi connectivity index (χ3n) is 4.45. The van der Waals surface area contributed by atoms with E-state index in [2.05, 4.69) is 21.0 Å². The van der Waals surface area contributed by atoms with Crippen molar-refractivity contribution in [2.75, 3.05) is 6.54 Å². The van der Waals surface area contributed by atoms with Gasteiger partial charge >= 0.3 is 6.18 Å². The minimum Gasteiger partial charge on any atom is -0.467 e. The number of alkyl halides is 3. The normalized spacial score (nSPS) is 11.6. The molecule has 10 heteroatoms. The highest BCUT2D eigenvalue weighted by atomic mass is 19.4. The lowest BCUT2D eigenvalue weighted by Crippen LogP contribution is -2.31. The number of hydrogen-bond acceptors (Lipinski definition) is 5. The Morgan fingerprint density at radius 1 is 1.34 bits per heavy atom. The van der Waals surface area contributed by atoms with E-state index in [0.717, 1.165) is 4.52 Å². The first-order chi connectivity index (χ1) is 13.7. The van der Waals surface area contributed by atoms with E-state index in [4.69, 9.17) is 10.8 Å². The average molecular weight is 405 g/mol. The third-order valence-corrected chi connectivity index (χ3v) is 4.45. The Labute approximate surface area is 164 Å². The number of furan rings is 1. The summed E-state index contributed by atoms with van der Waals surface area (Å²) in [4.78, 5) is 21.7. The van der Waals surface area contributed by atoms with Gasteiger partial charge in [0.15, 0.2) is 0 Å². The monoisotopic (exact) mass is 405 g/mol. The zero-order valence-electron chi connectivity index (χ0n) is 15.8. The van der Waals surface area contributed by atoms with Gasteiger partial charge in [-0.1, -0.05) is 5.92 Å². The summed E-state index contributed by atoms with van der Waals surface area (Å²) in [5, 5.41) is 3.51. The summed E-state index contributed by atoms with van der Waals surface area (Å²) >= 11 is 0. The number of nitrogens with zero attached hydrogens (tertiary/aromatic N) is 5. The topological polar surface area (TPSA) is 76.5 Å². The van der Waals surface area contributed by atoms with E-state index in [1.165, 1.54) is 11.2 Å². The number of fused-ring (bicyclic) bond motifs is 1. The summed E-state index contributed by atoms with van der Waals surface area (Å²) in [6.07, 6.45) is 2.59. The van der Waals surface area contributed by atoms with Gasteiger partial charge in [0.05, 0.1) is 19.4 Å². The summed E-state index contributed by atoms with van der Waals surface area (Å²) in [6, 6.07) is 3.46. The molecular formula is C19H18F3N5O2. The van der Waals surface area contributed by atoms with Crippen LogP contribution in [0.5, 0.6) is 0 Å². The molecule has 0 spiro atoms. The minimum absolute atomic E-state index is 0.109. The van der Waals surface area contributed by atoms with Crippen molar-refractivity contribution < 1.29 is 22.4 Å². The molecule has 0 unspecified atom stereocenters. The Kier molecular flexibility index (Phi) is 5.59. The van der Waals surface area contributed by atoms with Crippen molar-refractivity contribution in [3.05, 3.63) is 46.9 Å². The van der Waals surface area contributed by atoms with Crippen LogP contribution in [0.3, 0.4) is 0 Å². The van der Waals surface area contributed by atoms with Crippen LogP contribution in [-0.4, -0.2) is 36.9 Å². The summed E-state index contributed by atoms with van der Waals surface area (Å²) in [6.45, 7) is 3.64. The second kappa shape index (κ2) is 7.95. The van der Waals surface area contributed by atoms with Gasteiger partial charge in [-0.15, -0.1) is 11.5 Å². The Bertz CT molecular complexity index is 1060. The van der Waals surface area contributed by atoms with Crippen molar-refractivity contribution in [1.82, 2.24) is 24.5 Å². The first-order valence-corrected chi connectivity index (χ1v) is 8.74. The number of aromatic nitrogens is 4. The first kappa shape index (κ1) is 20.4. The Morgan fingerprint density at radius 2 is 2.10 bits per heavy atom. The molecule has 0 N–H and O–H groups in total. The Morgan fingerprint density at radius 3 is 2.72 bits per heavy atom. The van der Waals surface area contributed by atoms with E-state index in [-0.39, 0.29) is 37.6 Å². The SMILES string of the molecule is C#CCN(Cc1ccco1)C(=O)CCc1c(C)nc2nc(C(F)(F)F)nn2c1C. The zero-order valence-corrected chi connectivity index (χ0v) is 15.8. The van der Waals surface area contributed by atoms with Crippen LogP contribution < -0.4 is 0 Å². The molecule has 3 aromatic rings. The van der Waals surface area contributed by atoms with Crippen molar-refractivity contribution in [3.63, 3.8) is 0 Å². The second-order valence-corrected chi connectivity index (χ2v) is 6.44. The van der Waals surface area contributed by atoms with Crippen LogP contribution in [0.1, 0.15) is 35.0 Å². The van der Waals surface area contributed by atoms with Gasteiger partial charge in [0.25, 0.3) is 11.6 Å². The molecular weight excluding hydrogens is 387 g/mol. The molecule has 1 amide bonds. The maximum absolute atomic E-state index is 12.9. The lowest BCUT2D eigenvalue weighted by atomic mass is 10.1. The molecule has 3 heterocycles. The molecule has 0 aliphatic carbocycles. The Hall–Kier alpha value is -3.35. The predicted molar refractivity (Wildman–Crippen MR) is 96.5 cm³/mol. The predicted octanol–water partition coefficient (Wildman–Crippen LogP) is 2.95. The maximum atomic E-state index is 12.9. The van der Waals surface area contributed by atoms with Crippen LogP contribution in [-0.2, 0) is 23.9 Å². The molecule has 7 nitrogen and oxygen atoms in total. The lowest BCUT2D eigenvalue weighted by molar-refractivity contribution is -0.144.